The van der Waals surface area contributed by atoms with E-state index in [-0.39, 0.29) is 24.3 Å². The molecule has 1 heterocycles. The van der Waals surface area contributed by atoms with Crippen LogP contribution in [0.3, 0.4) is 0 Å². The van der Waals surface area contributed by atoms with Crippen molar-refractivity contribution in [3.63, 3.8) is 0 Å². The van der Waals surface area contributed by atoms with Crippen LogP contribution < -0.4 is 5.32 Å². The summed E-state index contributed by atoms with van der Waals surface area (Å²) in [5.41, 5.74) is 2.14. The first-order valence-corrected chi connectivity index (χ1v) is 7.28. The second-order valence-electron chi connectivity index (χ2n) is 5.31. The van der Waals surface area contributed by atoms with Gasteiger partial charge in [0.25, 0.3) is 5.91 Å². The predicted octanol–water partition coefficient (Wildman–Crippen LogP) is 2.59. The van der Waals surface area contributed by atoms with Crippen LogP contribution in [-0.2, 0) is 16.0 Å². The molecule has 1 aliphatic heterocycles. The lowest BCUT2D eigenvalue weighted by molar-refractivity contribution is -0.140. The van der Waals surface area contributed by atoms with Crippen LogP contribution in [0.1, 0.15) is 39.2 Å². The number of hydrogen-bond acceptors (Lipinski definition) is 3. The van der Waals surface area contributed by atoms with Gasteiger partial charge in [0.2, 0.25) is 5.91 Å². The molecule has 4 heteroatoms. The number of anilines is 1. The lowest BCUT2D eigenvalue weighted by Crippen LogP contribution is -2.40. The first-order chi connectivity index (χ1) is 9.56. The van der Waals surface area contributed by atoms with Gasteiger partial charge >= 0.3 is 0 Å². The number of amides is 2. The second kappa shape index (κ2) is 6.07. The van der Waals surface area contributed by atoms with Gasteiger partial charge in [0.15, 0.2) is 0 Å². The van der Waals surface area contributed by atoms with Crippen LogP contribution in [0.2, 0.25) is 0 Å². The van der Waals surface area contributed by atoms with Crippen LogP contribution in [0, 0.1) is 0 Å². The highest BCUT2D eigenvalue weighted by Gasteiger charge is 2.40. The van der Waals surface area contributed by atoms with E-state index < -0.39 is 6.04 Å². The number of carbonyl (C=O) groups is 2. The molecule has 1 aromatic carbocycles. The van der Waals surface area contributed by atoms with Crippen LogP contribution in [0.5, 0.6) is 0 Å². The van der Waals surface area contributed by atoms with Crippen molar-refractivity contribution in [3.8, 4) is 0 Å². The molecule has 1 saturated heterocycles. The first kappa shape index (κ1) is 14.6. The van der Waals surface area contributed by atoms with Gasteiger partial charge in [0, 0.05) is 11.7 Å². The Morgan fingerprint density at radius 2 is 1.90 bits per heavy atom. The topological polar surface area (TPSA) is 49.4 Å². The van der Waals surface area contributed by atoms with Gasteiger partial charge in [-0.25, -0.2) is 0 Å². The highest BCUT2D eigenvalue weighted by Crippen LogP contribution is 2.21. The summed E-state index contributed by atoms with van der Waals surface area (Å²) < 4.78 is 0. The van der Waals surface area contributed by atoms with Gasteiger partial charge in [-0.3, -0.25) is 14.5 Å². The van der Waals surface area contributed by atoms with E-state index >= 15 is 0 Å². The smallest absolute Gasteiger partial charge is 0.252 e. The van der Waals surface area contributed by atoms with E-state index in [2.05, 4.69) is 12.2 Å². The molecule has 1 aliphatic rings. The monoisotopic (exact) mass is 274 g/mol. The molecule has 4 nitrogen and oxygen atoms in total. The Hall–Kier alpha value is -1.84. The molecular formula is C16H22N2O2. The maximum atomic E-state index is 12.3. The Kier molecular flexibility index (Phi) is 4.42. The van der Waals surface area contributed by atoms with Crippen molar-refractivity contribution in [3.05, 3.63) is 29.8 Å². The zero-order chi connectivity index (χ0) is 14.7. The van der Waals surface area contributed by atoms with Gasteiger partial charge < -0.3 is 5.32 Å². The van der Waals surface area contributed by atoms with E-state index in [4.69, 9.17) is 0 Å². The van der Waals surface area contributed by atoms with E-state index in [9.17, 15) is 9.59 Å². The molecule has 2 unspecified atom stereocenters. The van der Waals surface area contributed by atoms with Crippen LogP contribution in [0.15, 0.2) is 24.3 Å². The van der Waals surface area contributed by atoms with Gasteiger partial charge in [0.1, 0.15) is 6.04 Å². The normalized spacial score (nSPS) is 20.4. The first-order valence-electron chi connectivity index (χ1n) is 7.28. The highest BCUT2D eigenvalue weighted by molar-refractivity contribution is 6.07. The van der Waals surface area contributed by atoms with Gasteiger partial charge in [0.05, 0.1) is 6.42 Å². The van der Waals surface area contributed by atoms with Crippen LogP contribution in [-0.4, -0.2) is 28.8 Å². The zero-order valence-electron chi connectivity index (χ0n) is 12.3. The quantitative estimate of drug-likeness (QED) is 0.840. The van der Waals surface area contributed by atoms with E-state index in [0.717, 1.165) is 18.5 Å². The highest BCUT2D eigenvalue weighted by atomic mass is 16.2. The van der Waals surface area contributed by atoms with Gasteiger partial charge in [-0.2, -0.15) is 0 Å². The van der Waals surface area contributed by atoms with E-state index in [1.165, 1.54) is 10.5 Å². The number of likely N-dealkylation sites (tertiary alicyclic amines) is 1. The summed E-state index contributed by atoms with van der Waals surface area (Å²) in [4.78, 5) is 25.6. The van der Waals surface area contributed by atoms with Crippen LogP contribution in [0.25, 0.3) is 0 Å². The number of rotatable bonds is 5. The molecule has 1 fully saturated rings. The van der Waals surface area contributed by atoms with Crippen molar-refractivity contribution < 1.29 is 9.59 Å². The lowest BCUT2D eigenvalue weighted by Gasteiger charge is -2.21. The molecule has 108 valence electrons. The largest absolute Gasteiger partial charge is 0.373 e. The minimum absolute atomic E-state index is 0.0238. The Labute approximate surface area is 120 Å². The van der Waals surface area contributed by atoms with Crippen LogP contribution >= 0.6 is 0 Å². The molecule has 1 N–H and O–H groups in total. The summed E-state index contributed by atoms with van der Waals surface area (Å²) in [5, 5.41) is 3.17. The molecule has 0 radical (unpaired) electrons. The maximum absolute atomic E-state index is 12.3. The third-order valence-electron chi connectivity index (χ3n) is 3.92. The number of imide groups is 1. The summed E-state index contributed by atoms with van der Waals surface area (Å²) in [6.07, 6.45) is 2.02. The Bertz CT molecular complexity index is 496. The SMILES string of the molecule is CCc1ccc(NC2CC(=O)N(C(C)CC)C2=O)cc1. The molecule has 20 heavy (non-hydrogen) atoms. The molecule has 0 aliphatic carbocycles. The fraction of sp³-hybridized carbons (Fsp3) is 0.500. The third kappa shape index (κ3) is 2.84. The Morgan fingerprint density at radius 3 is 2.45 bits per heavy atom. The summed E-state index contributed by atoms with van der Waals surface area (Å²) in [5.74, 6) is -0.184. The average molecular weight is 274 g/mol. The number of nitrogens with zero attached hydrogens (tertiary/aromatic N) is 1. The van der Waals surface area contributed by atoms with Crippen molar-refractivity contribution >= 4 is 17.5 Å². The average Bonchev–Trinajstić information content (AvgIpc) is 2.73. The maximum Gasteiger partial charge on any atom is 0.252 e. The fourth-order valence-corrected chi connectivity index (χ4v) is 2.45. The minimum atomic E-state index is -0.427. The van der Waals surface area contributed by atoms with E-state index in [1.807, 2.05) is 38.1 Å². The number of nitrogens with one attached hydrogen (secondary N) is 1. The van der Waals surface area contributed by atoms with Crippen molar-refractivity contribution in [1.82, 2.24) is 4.90 Å². The lowest BCUT2D eigenvalue weighted by atomic mass is 10.1. The molecule has 0 bridgehead atoms. The van der Waals surface area contributed by atoms with Crippen molar-refractivity contribution in [2.24, 2.45) is 0 Å². The Balaban J connectivity index is 2.07. The number of carbonyl (C=O) groups excluding carboxylic acids is 2. The van der Waals surface area contributed by atoms with Crippen molar-refractivity contribution in [2.75, 3.05) is 5.32 Å². The van der Waals surface area contributed by atoms with Gasteiger partial charge in [-0.05, 0) is 37.5 Å². The molecule has 0 saturated carbocycles. The summed E-state index contributed by atoms with van der Waals surface area (Å²) in [7, 11) is 0. The van der Waals surface area contributed by atoms with Crippen LogP contribution in [0.4, 0.5) is 5.69 Å². The standard InChI is InChI=1S/C16H22N2O2/c1-4-11(3)18-15(19)10-14(16(18)20)17-13-8-6-12(5-2)7-9-13/h6-9,11,14,17H,4-5,10H2,1-3H3. The predicted molar refractivity (Wildman–Crippen MR) is 79.5 cm³/mol. The third-order valence-corrected chi connectivity index (χ3v) is 3.92. The van der Waals surface area contributed by atoms with E-state index in [0.29, 0.717) is 0 Å². The zero-order valence-corrected chi connectivity index (χ0v) is 12.3. The van der Waals surface area contributed by atoms with E-state index in [1.54, 1.807) is 0 Å². The molecule has 2 atom stereocenters. The number of hydrogen-bond donors (Lipinski definition) is 1. The molecule has 0 aromatic heterocycles. The number of aryl methyl sites for hydroxylation is 1. The second-order valence-corrected chi connectivity index (χ2v) is 5.31. The van der Waals surface area contributed by atoms with Gasteiger partial charge in [-0.1, -0.05) is 26.0 Å². The Morgan fingerprint density at radius 1 is 1.25 bits per heavy atom. The van der Waals surface area contributed by atoms with Crippen molar-refractivity contribution in [1.29, 1.82) is 0 Å². The minimum Gasteiger partial charge on any atom is -0.373 e. The molecule has 2 amide bonds. The van der Waals surface area contributed by atoms with Crippen molar-refractivity contribution in [2.45, 2.75) is 52.1 Å². The summed E-state index contributed by atoms with van der Waals surface area (Å²) >= 11 is 0. The van der Waals surface area contributed by atoms with Gasteiger partial charge in [-0.15, -0.1) is 0 Å². The molecule has 2 rings (SSSR count). The molecule has 1 aromatic rings. The summed E-state index contributed by atoms with van der Waals surface area (Å²) in [6, 6.07) is 7.55. The number of benzene rings is 1. The molecular weight excluding hydrogens is 252 g/mol. The fourth-order valence-electron chi connectivity index (χ4n) is 2.45. The summed E-state index contributed by atoms with van der Waals surface area (Å²) in [6.45, 7) is 6.00. The molecule has 0 spiro atoms.